The Morgan fingerprint density at radius 1 is 1.43 bits per heavy atom. The van der Waals surface area contributed by atoms with E-state index in [1.807, 2.05) is 6.08 Å². The lowest BCUT2D eigenvalue weighted by molar-refractivity contribution is 0.356. The first kappa shape index (κ1) is 13.2. The van der Waals surface area contributed by atoms with Crippen molar-refractivity contribution in [3.8, 4) is 0 Å². The highest BCUT2D eigenvalue weighted by Gasteiger charge is 1.95. The van der Waals surface area contributed by atoms with Gasteiger partial charge in [0.15, 0.2) is 0 Å². The van der Waals surface area contributed by atoms with Crippen LogP contribution in [-0.4, -0.2) is 24.7 Å². The zero-order valence-electron chi connectivity index (χ0n) is 9.84. The van der Waals surface area contributed by atoms with Crippen molar-refractivity contribution in [1.29, 1.82) is 0 Å². The van der Waals surface area contributed by atoms with E-state index in [0.29, 0.717) is 0 Å². The minimum Gasteiger partial charge on any atom is -0.365 e. The third-order valence-electron chi connectivity index (χ3n) is 2.14. The Bertz CT molecular complexity index is 173. The molecule has 0 aliphatic heterocycles. The number of hydrogen-bond donors (Lipinski definition) is 1. The van der Waals surface area contributed by atoms with E-state index in [1.54, 1.807) is 0 Å². The van der Waals surface area contributed by atoms with Crippen LogP contribution in [0, 0.1) is 0 Å². The summed E-state index contributed by atoms with van der Waals surface area (Å²) in [6.07, 6.45) is 6.53. The number of nitrogens with one attached hydrogen (secondary N) is 1. The molecule has 0 aliphatic rings. The van der Waals surface area contributed by atoms with E-state index in [2.05, 4.69) is 43.8 Å². The zero-order chi connectivity index (χ0) is 10.8. The molecular formula is C12H24N2. The molecule has 0 fully saturated rings. The maximum absolute atomic E-state index is 3.74. The fourth-order valence-corrected chi connectivity index (χ4v) is 1.11. The summed E-state index contributed by atoms with van der Waals surface area (Å²) in [6, 6.07) is 0. The SMILES string of the molecule is C=C/C(C)=C/N(CC)CNCCCC. The first-order valence-corrected chi connectivity index (χ1v) is 5.50. The quantitative estimate of drug-likeness (QED) is 0.365. The fraction of sp³-hybridized carbons (Fsp3) is 0.667. The van der Waals surface area contributed by atoms with Gasteiger partial charge in [0.2, 0.25) is 0 Å². The molecule has 0 saturated carbocycles. The van der Waals surface area contributed by atoms with Gasteiger partial charge in [-0.2, -0.15) is 0 Å². The molecule has 0 aromatic rings. The maximum Gasteiger partial charge on any atom is 0.0676 e. The number of hydrogen-bond acceptors (Lipinski definition) is 2. The standard InChI is InChI=1S/C12H24N2/c1-5-8-9-13-11-14(7-3)10-12(4)6-2/h6,10,13H,2,5,7-9,11H2,1,3-4H3/b12-10+. The second-order valence-electron chi connectivity index (χ2n) is 3.49. The van der Waals surface area contributed by atoms with Gasteiger partial charge in [-0.15, -0.1) is 0 Å². The molecule has 0 saturated heterocycles. The average molecular weight is 196 g/mol. The van der Waals surface area contributed by atoms with E-state index in [4.69, 9.17) is 0 Å². The number of rotatable bonds is 8. The predicted octanol–water partition coefficient (Wildman–Crippen LogP) is 2.75. The third-order valence-corrected chi connectivity index (χ3v) is 2.14. The van der Waals surface area contributed by atoms with E-state index in [1.165, 1.54) is 18.4 Å². The lowest BCUT2D eigenvalue weighted by atomic mass is 10.3. The number of nitrogens with zero attached hydrogens (tertiary/aromatic N) is 1. The normalized spacial score (nSPS) is 11.5. The van der Waals surface area contributed by atoms with E-state index >= 15 is 0 Å². The summed E-state index contributed by atoms with van der Waals surface area (Å²) in [4.78, 5) is 2.26. The Balaban J connectivity index is 3.74. The van der Waals surface area contributed by atoms with Gasteiger partial charge in [-0.3, -0.25) is 5.32 Å². The lowest BCUT2D eigenvalue weighted by Gasteiger charge is -2.19. The number of allylic oxidation sites excluding steroid dienone is 2. The van der Waals surface area contributed by atoms with Gasteiger partial charge in [-0.25, -0.2) is 0 Å². The van der Waals surface area contributed by atoms with Crippen LogP contribution >= 0.6 is 0 Å². The van der Waals surface area contributed by atoms with Gasteiger partial charge < -0.3 is 4.90 Å². The topological polar surface area (TPSA) is 15.3 Å². The molecule has 1 N–H and O–H groups in total. The summed E-state index contributed by atoms with van der Waals surface area (Å²) in [6.45, 7) is 13.3. The van der Waals surface area contributed by atoms with Crippen LogP contribution in [0.25, 0.3) is 0 Å². The molecule has 0 bridgehead atoms. The van der Waals surface area contributed by atoms with Crippen LogP contribution in [0.15, 0.2) is 24.4 Å². The molecule has 82 valence electrons. The van der Waals surface area contributed by atoms with Crippen LogP contribution in [0.5, 0.6) is 0 Å². The van der Waals surface area contributed by atoms with Crippen molar-refractivity contribution in [3.05, 3.63) is 24.4 Å². The summed E-state index contributed by atoms with van der Waals surface area (Å²) in [5.74, 6) is 0. The lowest BCUT2D eigenvalue weighted by Crippen LogP contribution is -2.31. The van der Waals surface area contributed by atoms with Gasteiger partial charge in [0.05, 0.1) is 6.67 Å². The number of unbranched alkanes of at least 4 members (excludes halogenated alkanes) is 1. The van der Waals surface area contributed by atoms with Gasteiger partial charge in [-0.05, 0) is 32.4 Å². The molecule has 0 unspecified atom stereocenters. The molecule has 0 aromatic carbocycles. The molecule has 0 aliphatic carbocycles. The minimum atomic E-state index is 0.932. The molecule has 14 heavy (non-hydrogen) atoms. The van der Waals surface area contributed by atoms with Crippen molar-refractivity contribution in [2.24, 2.45) is 0 Å². The monoisotopic (exact) mass is 196 g/mol. The van der Waals surface area contributed by atoms with E-state index in [9.17, 15) is 0 Å². The van der Waals surface area contributed by atoms with Crippen molar-refractivity contribution in [1.82, 2.24) is 10.2 Å². The molecule has 0 rings (SSSR count). The smallest absolute Gasteiger partial charge is 0.0676 e. The third kappa shape index (κ3) is 6.72. The first-order chi connectivity index (χ1) is 6.74. The van der Waals surface area contributed by atoms with Gasteiger partial charge in [0.1, 0.15) is 0 Å². The van der Waals surface area contributed by atoms with Gasteiger partial charge in [-0.1, -0.05) is 26.0 Å². The summed E-state index contributed by atoms with van der Waals surface area (Å²) in [5, 5.41) is 3.41. The van der Waals surface area contributed by atoms with Crippen LogP contribution in [0.4, 0.5) is 0 Å². The Labute approximate surface area is 88.7 Å². The van der Waals surface area contributed by atoms with Gasteiger partial charge >= 0.3 is 0 Å². The van der Waals surface area contributed by atoms with Crippen molar-refractivity contribution >= 4 is 0 Å². The highest BCUT2D eigenvalue weighted by atomic mass is 15.2. The Morgan fingerprint density at radius 3 is 2.64 bits per heavy atom. The van der Waals surface area contributed by atoms with Crippen LogP contribution in [0.2, 0.25) is 0 Å². The summed E-state index contributed by atoms with van der Waals surface area (Å²) >= 11 is 0. The first-order valence-electron chi connectivity index (χ1n) is 5.50. The van der Waals surface area contributed by atoms with Crippen LogP contribution in [0.1, 0.15) is 33.6 Å². The Hall–Kier alpha value is -0.760. The van der Waals surface area contributed by atoms with E-state index in [-0.39, 0.29) is 0 Å². The summed E-state index contributed by atoms with van der Waals surface area (Å²) in [5.41, 5.74) is 1.21. The molecule has 2 nitrogen and oxygen atoms in total. The second-order valence-corrected chi connectivity index (χ2v) is 3.49. The fourth-order valence-electron chi connectivity index (χ4n) is 1.11. The van der Waals surface area contributed by atoms with E-state index in [0.717, 1.165) is 19.8 Å². The maximum atomic E-state index is 3.74. The van der Waals surface area contributed by atoms with Crippen molar-refractivity contribution in [3.63, 3.8) is 0 Å². The van der Waals surface area contributed by atoms with Crippen LogP contribution in [0.3, 0.4) is 0 Å². The molecule has 0 heterocycles. The molecule has 0 amide bonds. The highest BCUT2D eigenvalue weighted by Crippen LogP contribution is 1.97. The van der Waals surface area contributed by atoms with Gasteiger partial charge in [0, 0.05) is 12.7 Å². The summed E-state index contributed by atoms with van der Waals surface area (Å²) in [7, 11) is 0. The van der Waals surface area contributed by atoms with Crippen molar-refractivity contribution < 1.29 is 0 Å². The van der Waals surface area contributed by atoms with Crippen LogP contribution in [-0.2, 0) is 0 Å². The molecule has 0 spiro atoms. The van der Waals surface area contributed by atoms with Crippen molar-refractivity contribution in [2.75, 3.05) is 19.8 Å². The average Bonchev–Trinajstić information content (AvgIpc) is 2.22. The Morgan fingerprint density at radius 2 is 2.14 bits per heavy atom. The molecule has 2 heteroatoms. The zero-order valence-corrected chi connectivity index (χ0v) is 9.84. The molecular weight excluding hydrogens is 172 g/mol. The van der Waals surface area contributed by atoms with E-state index < -0.39 is 0 Å². The predicted molar refractivity (Wildman–Crippen MR) is 64.1 cm³/mol. The highest BCUT2D eigenvalue weighted by molar-refractivity contribution is 5.11. The minimum absolute atomic E-state index is 0.932. The molecule has 0 aromatic heterocycles. The van der Waals surface area contributed by atoms with Crippen LogP contribution < -0.4 is 5.32 Å². The molecule has 0 atom stereocenters. The second kappa shape index (κ2) is 8.82. The largest absolute Gasteiger partial charge is 0.365 e. The molecule has 0 radical (unpaired) electrons. The van der Waals surface area contributed by atoms with Crippen molar-refractivity contribution in [2.45, 2.75) is 33.6 Å². The van der Waals surface area contributed by atoms with Gasteiger partial charge in [0.25, 0.3) is 0 Å². The Kier molecular flexibility index (Phi) is 8.34. The summed E-state index contributed by atoms with van der Waals surface area (Å²) < 4.78 is 0.